The second kappa shape index (κ2) is 13.6. The van der Waals surface area contributed by atoms with Crippen LogP contribution in [0.5, 0.6) is 0 Å². The van der Waals surface area contributed by atoms with Crippen molar-refractivity contribution < 1.29 is 14.3 Å². The average Bonchev–Trinajstić information content (AvgIpc) is 2.84. The highest BCUT2D eigenvalue weighted by molar-refractivity contribution is 5.86. The van der Waals surface area contributed by atoms with Gasteiger partial charge in [-0.15, -0.1) is 0 Å². The Kier molecular flexibility index (Phi) is 10.5. The zero-order chi connectivity index (χ0) is 23.5. The fourth-order valence-electron chi connectivity index (χ4n) is 5.07. The topological polar surface area (TPSA) is 70.7 Å². The van der Waals surface area contributed by atoms with Crippen LogP contribution in [0.15, 0.2) is 24.3 Å². The lowest BCUT2D eigenvalue weighted by atomic mass is 9.81. The molecule has 184 valence electrons. The van der Waals surface area contributed by atoms with Gasteiger partial charge in [0.1, 0.15) is 0 Å². The van der Waals surface area contributed by atoms with Crippen LogP contribution in [0.4, 0.5) is 5.69 Å². The first-order valence-electron chi connectivity index (χ1n) is 13.0. The number of aryl methyl sites for hydroxylation is 1. The molecule has 2 atom stereocenters. The number of nitrogens with zero attached hydrogens (tertiary/aromatic N) is 1. The van der Waals surface area contributed by atoms with E-state index in [2.05, 4.69) is 48.7 Å². The molecule has 6 heteroatoms. The lowest BCUT2D eigenvalue weighted by Crippen LogP contribution is -2.46. The van der Waals surface area contributed by atoms with E-state index in [1.807, 2.05) is 4.90 Å². The Bertz CT molecular complexity index is 725. The highest BCUT2D eigenvalue weighted by atomic mass is 16.5. The van der Waals surface area contributed by atoms with Gasteiger partial charge < -0.3 is 20.3 Å². The van der Waals surface area contributed by atoms with Gasteiger partial charge in [-0.05, 0) is 37.8 Å². The van der Waals surface area contributed by atoms with Crippen LogP contribution in [0.25, 0.3) is 0 Å². The molecule has 1 aromatic carbocycles. The van der Waals surface area contributed by atoms with Gasteiger partial charge in [-0.3, -0.25) is 9.59 Å². The summed E-state index contributed by atoms with van der Waals surface area (Å²) < 4.78 is 5.39. The Morgan fingerprint density at radius 1 is 1.09 bits per heavy atom. The number of benzene rings is 1. The third-order valence-electron chi connectivity index (χ3n) is 7.09. The van der Waals surface area contributed by atoms with Crippen LogP contribution in [-0.4, -0.2) is 55.6 Å². The number of morpholine rings is 1. The fourth-order valence-corrected chi connectivity index (χ4v) is 5.07. The minimum absolute atomic E-state index is 0.0475. The van der Waals surface area contributed by atoms with Crippen molar-refractivity contribution in [2.24, 2.45) is 11.8 Å². The number of hydrogen-bond donors (Lipinski definition) is 2. The maximum absolute atomic E-state index is 13.4. The van der Waals surface area contributed by atoms with Crippen LogP contribution in [0.2, 0.25) is 0 Å². The molecule has 0 aromatic heterocycles. The zero-order valence-corrected chi connectivity index (χ0v) is 20.6. The third kappa shape index (κ3) is 8.65. The van der Waals surface area contributed by atoms with Gasteiger partial charge in [-0.25, -0.2) is 0 Å². The smallest absolute Gasteiger partial charge is 0.223 e. The summed E-state index contributed by atoms with van der Waals surface area (Å²) in [6.45, 7) is 7.37. The quantitative estimate of drug-likeness (QED) is 0.512. The molecule has 1 saturated heterocycles. The molecule has 0 spiro atoms. The highest BCUT2D eigenvalue weighted by Crippen LogP contribution is 2.30. The van der Waals surface area contributed by atoms with E-state index < -0.39 is 0 Å². The predicted octanol–water partition coefficient (Wildman–Crippen LogP) is 4.53. The van der Waals surface area contributed by atoms with Crippen LogP contribution in [0.1, 0.15) is 70.3 Å². The summed E-state index contributed by atoms with van der Waals surface area (Å²) in [5.74, 6) is 0.454. The van der Waals surface area contributed by atoms with Gasteiger partial charge in [0.05, 0.1) is 13.2 Å². The van der Waals surface area contributed by atoms with E-state index in [0.717, 1.165) is 24.9 Å². The summed E-state index contributed by atoms with van der Waals surface area (Å²) in [5.41, 5.74) is 2.30. The minimum atomic E-state index is -0.248. The summed E-state index contributed by atoms with van der Waals surface area (Å²) in [5, 5.41) is 6.77. The van der Waals surface area contributed by atoms with Crippen molar-refractivity contribution >= 4 is 17.5 Å². The minimum Gasteiger partial charge on any atom is -0.383 e. The SMILES string of the molecule is CCC[C@@H](CNc1ccc(C)cc1)NC(=O)[C@@H](CC(=O)N1CCOCC1)CC1CCCCC1. The number of ether oxygens (including phenoxy) is 1. The molecule has 0 radical (unpaired) electrons. The summed E-state index contributed by atoms with van der Waals surface area (Å²) >= 11 is 0. The summed E-state index contributed by atoms with van der Waals surface area (Å²) in [6, 6.07) is 8.39. The van der Waals surface area contributed by atoms with Crippen LogP contribution >= 0.6 is 0 Å². The van der Waals surface area contributed by atoms with Gasteiger partial charge in [0.2, 0.25) is 11.8 Å². The van der Waals surface area contributed by atoms with Crippen LogP contribution in [0.3, 0.4) is 0 Å². The Balaban J connectivity index is 1.60. The highest BCUT2D eigenvalue weighted by Gasteiger charge is 2.30. The molecule has 0 unspecified atom stereocenters. The number of carbonyl (C=O) groups is 2. The molecule has 2 N–H and O–H groups in total. The van der Waals surface area contributed by atoms with E-state index in [1.165, 1.54) is 37.7 Å². The van der Waals surface area contributed by atoms with Crippen molar-refractivity contribution in [2.45, 2.75) is 77.7 Å². The van der Waals surface area contributed by atoms with E-state index in [4.69, 9.17) is 4.74 Å². The Morgan fingerprint density at radius 2 is 1.79 bits per heavy atom. The normalized spacial score (nSPS) is 19.0. The molecule has 1 aliphatic heterocycles. The Labute approximate surface area is 199 Å². The molecule has 3 rings (SSSR count). The van der Waals surface area contributed by atoms with Crippen molar-refractivity contribution in [3.8, 4) is 0 Å². The van der Waals surface area contributed by atoms with E-state index in [9.17, 15) is 9.59 Å². The second-order valence-corrected chi connectivity index (χ2v) is 9.88. The van der Waals surface area contributed by atoms with Gasteiger partial charge in [0.25, 0.3) is 0 Å². The van der Waals surface area contributed by atoms with E-state index >= 15 is 0 Å². The number of carbonyl (C=O) groups excluding carboxylic acids is 2. The first-order chi connectivity index (χ1) is 16.0. The van der Waals surface area contributed by atoms with Gasteiger partial charge in [-0.2, -0.15) is 0 Å². The molecular formula is C27H43N3O3. The molecular weight excluding hydrogens is 414 g/mol. The monoisotopic (exact) mass is 457 g/mol. The molecule has 1 aromatic rings. The molecule has 1 aliphatic carbocycles. The molecule has 2 amide bonds. The number of hydrogen-bond acceptors (Lipinski definition) is 4. The Morgan fingerprint density at radius 3 is 2.45 bits per heavy atom. The Hall–Kier alpha value is -2.08. The zero-order valence-electron chi connectivity index (χ0n) is 20.6. The first kappa shape index (κ1) is 25.5. The lowest BCUT2D eigenvalue weighted by molar-refractivity contribution is -0.140. The van der Waals surface area contributed by atoms with Gasteiger partial charge in [0, 0.05) is 43.7 Å². The molecule has 33 heavy (non-hydrogen) atoms. The van der Waals surface area contributed by atoms with Crippen molar-refractivity contribution in [3.05, 3.63) is 29.8 Å². The van der Waals surface area contributed by atoms with E-state index in [-0.39, 0.29) is 23.8 Å². The van der Waals surface area contributed by atoms with E-state index in [0.29, 0.717) is 45.2 Å². The second-order valence-electron chi connectivity index (χ2n) is 9.88. The summed E-state index contributed by atoms with van der Waals surface area (Å²) in [4.78, 5) is 28.3. The number of anilines is 1. The van der Waals surface area contributed by atoms with Gasteiger partial charge in [-0.1, -0.05) is 63.1 Å². The predicted molar refractivity (Wildman–Crippen MR) is 133 cm³/mol. The molecule has 1 heterocycles. The van der Waals surface area contributed by atoms with Gasteiger partial charge >= 0.3 is 0 Å². The molecule has 2 fully saturated rings. The van der Waals surface area contributed by atoms with Gasteiger partial charge in [0.15, 0.2) is 0 Å². The molecule has 2 aliphatic rings. The van der Waals surface area contributed by atoms with Crippen molar-refractivity contribution in [3.63, 3.8) is 0 Å². The third-order valence-corrected chi connectivity index (χ3v) is 7.09. The molecule has 6 nitrogen and oxygen atoms in total. The fraction of sp³-hybridized carbons (Fsp3) is 0.704. The maximum atomic E-state index is 13.4. The number of nitrogens with one attached hydrogen (secondary N) is 2. The maximum Gasteiger partial charge on any atom is 0.223 e. The standard InChI is InChI=1S/C27H43N3O3/c1-3-7-25(20-28-24-12-10-21(2)11-13-24)29-27(32)23(18-22-8-5-4-6-9-22)19-26(31)30-14-16-33-17-15-30/h10-13,22-23,25,28H,3-9,14-20H2,1-2H3,(H,29,32)/t23-,25+/m1/s1. The van der Waals surface area contributed by atoms with Crippen molar-refractivity contribution in [2.75, 3.05) is 38.2 Å². The van der Waals surface area contributed by atoms with Crippen molar-refractivity contribution in [1.29, 1.82) is 0 Å². The number of amides is 2. The lowest BCUT2D eigenvalue weighted by Gasteiger charge is -2.31. The largest absolute Gasteiger partial charge is 0.383 e. The van der Waals surface area contributed by atoms with Crippen LogP contribution in [-0.2, 0) is 14.3 Å². The van der Waals surface area contributed by atoms with Crippen molar-refractivity contribution in [1.82, 2.24) is 10.2 Å². The molecule has 1 saturated carbocycles. The van der Waals surface area contributed by atoms with Crippen LogP contribution < -0.4 is 10.6 Å². The summed E-state index contributed by atoms with van der Waals surface area (Å²) in [6.07, 6.45) is 9.21. The molecule has 0 bridgehead atoms. The average molecular weight is 458 g/mol. The van der Waals surface area contributed by atoms with Crippen LogP contribution in [0, 0.1) is 18.8 Å². The first-order valence-corrected chi connectivity index (χ1v) is 13.0. The summed E-state index contributed by atoms with van der Waals surface area (Å²) in [7, 11) is 0. The van der Waals surface area contributed by atoms with E-state index in [1.54, 1.807) is 0 Å². The number of rotatable bonds is 11.